The second-order valence-electron chi connectivity index (χ2n) is 8.22. The van der Waals surface area contributed by atoms with E-state index in [9.17, 15) is 14.4 Å². The van der Waals surface area contributed by atoms with Crippen molar-refractivity contribution < 1.29 is 29.3 Å². The van der Waals surface area contributed by atoms with Gasteiger partial charge in [-0.1, -0.05) is 30.3 Å². The van der Waals surface area contributed by atoms with E-state index in [0.717, 1.165) is 30.1 Å². The molecule has 1 N–H and O–H groups in total. The molecule has 0 aliphatic carbocycles. The summed E-state index contributed by atoms with van der Waals surface area (Å²) in [5.41, 5.74) is 1.10. The number of piperidine rings is 1. The van der Waals surface area contributed by atoms with Crippen molar-refractivity contribution in [2.45, 2.75) is 38.5 Å². The van der Waals surface area contributed by atoms with Gasteiger partial charge in [-0.25, -0.2) is 0 Å². The number of benzene rings is 2. The quantitative estimate of drug-likeness (QED) is 0.672. The number of hydrogen-bond acceptors (Lipinski definition) is 6. The van der Waals surface area contributed by atoms with Gasteiger partial charge in [0, 0.05) is 37.2 Å². The lowest BCUT2D eigenvalue weighted by atomic mass is 10.0. The molecule has 0 saturated carbocycles. The zero-order chi connectivity index (χ0) is 26.4. The summed E-state index contributed by atoms with van der Waals surface area (Å²) in [6.45, 7) is -1.02. The SMILES string of the molecule is [2H]C([2H])(Oc1cccc2c1C([2H])([2H])N([C@H]1CCC(=O)NC1=O)C2=O)c1ccc(CN2CCOCC2)cc1. The molecule has 3 heterocycles. The molecule has 8 heteroatoms. The summed E-state index contributed by atoms with van der Waals surface area (Å²) in [4.78, 5) is 40.3. The fourth-order valence-corrected chi connectivity index (χ4v) is 4.17. The third kappa shape index (κ3) is 4.62. The van der Waals surface area contributed by atoms with Crippen molar-refractivity contribution in [3.8, 4) is 5.75 Å². The summed E-state index contributed by atoms with van der Waals surface area (Å²) < 4.78 is 45.7. The van der Waals surface area contributed by atoms with Crippen molar-refractivity contribution >= 4 is 17.7 Å². The van der Waals surface area contributed by atoms with Gasteiger partial charge in [0.25, 0.3) is 5.91 Å². The van der Waals surface area contributed by atoms with Crippen molar-refractivity contribution in [3.63, 3.8) is 0 Å². The molecule has 2 fully saturated rings. The highest BCUT2D eigenvalue weighted by molar-refractivity contribution is 6.05. The maximum absolute atomic E-state index is 13.2. The predicted octanol–water partition coefficient (Wildman–Crippen LogP) is 1.86. The Hall–Kier alpha value is -3.23. The molecule has 2 aromatic rings. The highest BCUT2D eigenvalue weighted by Gasteiger charge is 2.40. The number of nitrogens with zero attached hydrogens (tertiary/aromatic N) is 2. The first-order chi connectivity index (χ1) is 17.6. The first-order valence-corrected chi connectivity index (χ1v) is 11.0. The normalized spacial score (nSPS) is 24.9. The van der Waals surface area contributed by atoms with E-state index < -0.39 is 36.8 Å². The first kappa shape index (κ1) is 17.3. The predicted molar refractivity (Wildman–Crippen MR) is 119 cm³/mol. The number of ether oxygens (including phenoxy) is 2. The van der Waals surface area contributed by atoms with E-state index in [4.69, 9.17) is 15.0 Å². The Morgan fingerprint density at radius 1 is 1.09 bits per heavy atom. The summed E-state index contributed by atoms with van der Waals surface area (Å²) in [6, 6.07) is 10.1. The van der Waals surface area contributed by atoms with Crippen LogP contribution in [-0.2, 0) is 33.9 Å². The summed E-state index contributed by atoms with van der Waals surface area (Å²) >= 11 is 0. The van der Waals surface area contributed by atoms with Crippen LogP contribution in [0.2, 0.25) is 0 Å². The summed E-state index contributed by atoms with van der Waals surface area (Å²) in [5.74, 6) is -2.06. The maximum Gasteiger partial charge on any atom is 0.255 e. The number of imide groups is 1. The largest absolute Gasteiger partial charge is 0.489 e. The molecule has 8 nitrogen and oxygen atoms in total. The molecule has 2 saturated heterocycles. The number of rotatable bonds is 6. The molecule has 1 atom stereocenters. The zero-order valence-corrected chi connectivity index (χ0v) is 18.0. The number of amides is 3. The van der Waals surface area contributed by atoms with E-state index in [1.807, 2.05) is 12.1 Å². The van der Waals surface area contributed by atoms with Gasteiger partial charge in [0.2, 0.25) is 11.8 Å². The average Bonchev–Trinajstić information content (AvgIpc) is 3.06. The minimum atomic E-state index is -2.45. The summed E-state index contributed by atoms with van der Waals surface area (Å²) in [7, 11) is 0. The smallest absolute Gasteiger partial charge is 0.255 e. The van der Waals surface area contributed by atoms with Crippen LogP contribution in [0.1, 0.15) is 45.4 Å². The van der Waals surface area contributed by atoms with Crippen molar-refractivity contribution in [2.24, 2.45) is 0 Å². The Balaban J connectivity index is 1.38. The molecule has 3 aliphatic heterocycles. The molecule has 0 spiro atoms. The molecule has 0 bridgehead atoms. The van der Waals surface area contributed by atoms with Crippen molar-refractivity contribution in [2.75, 3.05) is 26.3 Å². The van der Waals surface area contributed by atoms with Crippen molar-refractivity contribution in [1.29, 1.82) is 0 Å². The minimum absolute atomic E-state index is 0.00226. The third-order valence-corrected chi connectivity index (χ3v) is 5.97. The van der Waals surface area contributed by atoms with Gasteiger partial charge in [-0.2, -0.15) is 0 Å². The van der Waals surface area contributed by atoms with Crippen molar-refractivity contribution in [3.05, 3.63) is 64.7 Å². The van der Waals surface area contributed by atoms with E-state index in [0.29, 0.717) is 13.2 Å². The molecule has 3 aliphatic rings. The molecule has 0 unspecified atom stereocenters. The Bertz CT molecular complexity index is 1230. The van der Waals surface area contributed by atoms with E-state index in [2.05, 4.69) is 10.2 Å². The maximum atomic E-state index is 13.2. The van der Waals surface area contributed by atoms with Gasteiger partial charge in [-0.3, -0.25) is 24.6 Å². The second-order valence-corrected chi connectivity index (χ2v) is 8.22. The Labute approximate surface area is 198 Å². The molecular formula is C25H27N3O5. The van der Waals surface area contributed by atoms with Gasteiger partial charge in [-0.05, 0) is 29.7 Å². The van der Waals surface area contributed by atoms with Gasteiger partial charge >= 0.3 is 0 Å². The highest BCUT2D eigenvalue weighted by Crippen LogP contribution is 2.34. The van der Waals surface area contributed by atoms with E-state index in [1.54, 1.807) is 12.1 Å². The van der Waals surface area contributed by atoms with Gasteiger partial charge in [-0.15, -0.1) is 0 Å². The van der Waals surface area contributed by atoms with Crippen LogP contribution in [0.25, 0.3) is 0 Å². The van der Waals surface area contributed by atoms with Crippen LogP contribution in [0.15, 0.2) is 42.5 Å². The van der Waals surface area contributed by atoms with Gasteiger partial charge in [0.1, 0.15) is 18.4 Å². The molecule has 33 heavy (non-hydrogen) atoms. The lowest BCUT2D eigenvalue weighted by Gasteiger charge is -2.29. The van der Waals surface area contributed by atoms with Crippen LogP contribution in [0.3, 0.4) is 0 Å². The van der Waals surface area contributed by atoms with Gasteiger partial charge in [0.05, 0.1) is 25.2 Å². The van der Waals surface area contributed by atoms with Crippen LogP contribution >= 0.6 is 0 Å². The third-order valence-electron chi connectivity index (χ3n) is 5.97. The lowest BCUT2D eigenvalue weighted by molar-refractivity contribution is -0.136. The fraction of sp³-hybridized carbons (Fsp3) is 0.400. The zero-order valence-electron chi connectivity index (χ0n) is 22.0. The van der Waals surface area contributed by atoms with Crippen LogP contribution < -0.4 is 10.1 Å². The number of carbonyl (C=O) groups excluding carboxylic acids is 3. The Kier molecular flexibility index (Phi) is 4.88. The van der Waals surface area contributed by atoms with Crippen LogP contribution in [0.5, 0.6) is 5.75 Å². The standard InChI is InChI=1S/C25H27N3O5/c29-23-9-8-21(24(30)26-23)28-15-20-19(25(28)31)2-1-3-22(20)33-16-18-6-4-17(5-7-18)14-27-10-12-32-13-11-27/h1-7,21H,8-16H2,(H,26,29,30)/t21-/m0/s1/i15D2,16D2. The van der Waals surface area contributed by atoms with E-state index in [1.165, 1.54) is 18.2 Å². The summed E-state index contributed by atoms with van der Waals surface area (Å²) in [6.07, 6.45) is -0.0161. The van der Waals surface area contributed by atoms with Crippen LogP contribution in [-0.4, -0.2) is 59.9 Å². The molecule has 2 aromatic carbocycles. The molecular weight excluding hydrogens is 422 g/mol. The van der Waals surface area contributed by atoms with E-state index in [-0.39, 0.29) is 35.3 Å². The summed E-state index contributed by atoms with van der Waals surface area (Å²) in [5, 5.41) is 2.16. The lowest BCUT2D eigenvalue weighted by Crippen LogP contribution is -2.52. The minimum Gasteiger partial charge on any atom is -0.489 e. The highest BCUT2D eigenvalue weighted by atomic mass is 16.5. The molecule has 0 radical (unpaired) electrons. The number of fused-ring (bicyclic) bond motifs is 1. The Morgan fingerprint density at radius 2 is 1.85 bits per heavy atom. The molecule has 3 amide bonds. The average molecular weight is 454 g/mol. The Morgan fingerprint density at radius 3 is 2.61 bits per heavy atom. The van der Waals surface area contributed by atoms with Gasteiger partial charge < -0.3 is 14.4 Å². The monoisotopic (exact) mass is 453 g/mol. The molecule has 5 rings (SSSR count). The molecule has 172 valence electrons. The van der Waals surface area contributed by atoms with E-state index >= 15 is 0 Å². The topological polar surface area (TPSA) is 88.2 Å². The first-order valence-electron chi connectivity index (χ1n) is 13.0. The van der Waals surface area contributed by atoms with Gasteiger partial charge in [0.15, 0.2) is 0 Å². The fourth-order valence-electron chi connectivity index (χ4n) is 4.17. The number of morpholine rings is 1. The second kappa shape index (κ2) is 9.33. The van der Waals surface area contributed by atoms with Crippen molar-refractivity contribution in [1.82, 2.24) is 15.1 Å². The molecule has 0 aromatic heterocycles. The number of nitrogens with one attached hydrogen (secondary N) is 1. The number of carbonyl (C=O) groups is 3. The van der Waals surface area contributed by atoms with Crippen LogP contribution in [0, 0.1) is 0 Å². The van der Waals surface area contributed by atoms with Crippen LogP contribution in [0.4, 0.5) is 0 Å². The number of hydrogen-bond donors (Lipinski definition) is 1.